The predicted molar refractivity (Wildman–Crippen MR) is 107 cm³/mol. The van der Waals surface area contributed by atoms with Crippen molar-refractivity contribution < 1.29 is 19.4 Å². The Bertz CT molecular complexity index is 869. The number of terminal acetylenes is 1. The molecule has 0 saturated carbocycles. The van der Waals surface area contributed by atoms with Crippen LogP contribution in [0.1, 0.15) is 36.3 Å². The largest absolute Gasteiger partial charge is 0.480 e. The number of carboxylic acids is 1. The molecule has 1 N–H and O–H groups in total. The van der Waals surface area contributed by atoms with Gasteiger partial charge in [-0.2, -0.15) is 0 Å². The maximum Gasteiger partial charge on any atom is 0.410 e. The van der Waals surface area contributed by atoms with Crippen LogP contribution in [0.15, 0.2) is 48.5 Å². The van der Waals surface area contributed by atoms with E-state index >= 15 is 0 Å². The van der Waals surface area contributed by atoms with Gasteiger partial charge in [0.25, 0.3) is 0 Å². The lowest BCUT2D eigenvalue weighted by molar-refractivity contribution is -0.142. The van der Waals surface area contributed by atoms with Crippen LogP contribution < -0.4 is 0 Å². The van der Waals surface area contributed by atoms with Gasteiger partial charge in [0, 0.05) is 19.4 Å². The minimum atomic E-state index is -1.06. The minimum Gasteiger partial charge on any atom is -0.480 e. The van der Waals surface area contributed by atoms with Crippen molar-refractivity contribution in [3.8, 4) is 23.5 Å². The van der Waals surface area contributed by atoms with Crippen LogP contribution in [0, 0.1) is 12.3 Å². The number of rotatable bonds is 7. The number of amides is 1. The van der Waals surface area contributed by atoms with Crippen LogP contribution in [-0.2, 0) is 9.53 Å². The van der Waals surface area contributed by atoms with Gasteiger partial charge in [0.05, 0.1) is 0 Å². The van der Waals surface area contributed by atoms with Gasteiger partial charge in [-0.1, -0.05) is 48.5 Å². The summed E-state index contributed by atoms with van der Waals surface area (Å²) < 4.78 is 5.52. The highest BCUT2D eigenvalue weighted by Gasteiger charge is 2.31. The molecule has 0 radical (unpaired) electrons. The van der Waals surface area contributed by atoms with Crippen LogP contribution in [0.2, 0.25) is 0 Å². The maximum atomic E-state index is 12.5. The van der Waals surface area contributed by atoms with E-state index in [0.29, 0.717) is 19.3 Å². The normalized spacial score (nSPS) is 13.1. The lowest BCUT2D eigenvalue weighted by Gasteiger charge is -2.25. The molecule has 0 aliphatic heterocycles. The van der Waals surface area contributed by atoms with Crippen molar-refractivity contribution >= 4 is 12.1 Å². The molecule has 0 bridgehead atoms. The fourth-order valence-electron chi connectivity index (χ4n) is 3.70. The van der Waals surface area contributed by atoms with E-state index in [4.69, 9.17) is 11.2 Å². The highest BCUT2D eigenvalue weighted by Crippen LogP contribution is 2.44. The summed E-state index contributed by atoms with van der Waals surface area (Å²) in [6.07, 6.45) is 5.88. The highest BCUT2D eigenvalue weighted by atomic mass is 16.6. The average Bonchev–Trinajstić information content (AvgIpc) is 3.02. The van der Waals surface area contributed by atoms with Gasteiger partial charge in [-0.15, -0.1) is 12.3 Å². The van der Waals surface area contributed by atoms with Crippen LogP contribution in [-0.4, -0.2) is 41.8 Å². The van der Waals surface area contributed by atoms with Crippen LogP contribution in [0.4, 0.5) is 4.79 Å². The molecule has 0 fully saturated rings. The molecule has 2 aromatic rings. The Hall–Kier alpha value is -3.26. The first-order valence-electron chi connectivity index (χ1n) is 9.28. The summed E-state index contributed by atoms with van der Waals surface area (Å²) in [5, 5.41) is 9.43. The Morgan fingerprint density at radius 1 is 1.14 bits per heavy atom. The molecule has 5 nitrogen and oxygen atoms in total. The second kappa shape index (κ2) is 8.62. The Morgan fingerprint density at radius 3 is 2.25 bits per heavy atom. The first-order chi connectivity index (χ1) is 13.5. The molecule has 0 heterocycles. The van der Waals surface area contributed by atoms with Crippen LogP contribution >= 0.6 is 0 Å². The summed E-state index contributed by atoms with van der Waals surface area (Å²) >= 11 is 0. The number of aliphatic carboxylic acids is 1. The van der Waals surface area contributed by atoms with Gasteiger partial charge in [-0.05, 0) is 35.1 Å². The van der Waals surface area contributed by atoms with Gasteiger partial charge >= 0.3 is 12.1 Å². The lowest BCUT2D eigenvalue weighted by Crippen LogP contribution is -2.43. The molecule has 0 spiro atoms. The van der Waals surface area contributed by atoms with Crippen LogP contribution in [0.3, 0.4) is 0 Å². The minimum absolute atomic E-state index is 0.0607. The Balaban J connectivity index is 1.70. The van der Waals surface area contributed by atoms with Gasteiger partial charge in [-0.25, -0.2) is 9.59 Å². The summed E-state index contributed by atoms with van der Waals surface area (Å²) in [4.78, 5) is 25.2. The standard InChI is InChI=1S/C23H23NO4/c1-3-4-5-14-21(22(25)26)24(2)23(27)28-15-20-18-12-8-6-10-16(18)17-11-7-9-13-19(17)20/h1,6-13,20-21H,4-5,14-15H2,2H3,(H,25,26)/t21-/m0/s1. The van der Waals surface area contributed by atoms with E-state index in [1.54, 1.807) is 0 Å². The fourth-order valence-corrected chi connectivity index (χ4v) is 3.70. The molecular formula is C23H23NO4. The van der Waals surface area contributed by atoms with Gasteiger partial charge in [0.1, 0.15) is 12.6 Å². The fraction of sp³-hybridized carbons (Fsp3) is 0.304. The van der Waals surface area contributed by atoms with Crippen molar-refractivity contribution in [2.24, 2.45) is 0 Å². The van der Waals surface area contributed by atoms with Crippen molar-refractivity contribution in [3.05, 3.63) is 59.7 Å². The van der Waals surface area contributed by atoms with E-state index in [0.717, 1.165) is 27.2 Å². The second-order valence-corrected chi connectivity index (χ2v) is 6.87. The van der Waals surface area contributed by atoms with Crippen LogP contribution in [0.25, 0.3) is 11.1 Å². The van der Waals surface area contributed by atoms with E-state index in [-0.39, 0.29) is 12.5 Å². The molecule has 5 heteroatoms. The number of nitrogens with zero attached hydrogens (tertiary/aromatic N) is 1. The number of ether oxygens (including phenoxy) is 1. The zero-order valence-electron chi connectivity index (χ0n) is 15.8. The van der Waals surface area contributed by atoms with Gasteiger partial charge in [0.15, 0.2) is 0 Å². The number of carbonyl (C=O) groups is 2. The number of carbonyl (C=O) groups excluding carboxylic acids is 1. The number of fused-ring (bicyclic) bond motifs is 3. The highest BCUT2D eigenvalue weighted by molar-refractivity contribution is 5.81. The first-order valence-corrected chi connectivity index (χ1v) is 9.28. The third-order valence-electron chi connectivity index (χ3n) is 5.18. The first kappa shape index (κ1) is 19.5. The molecule has 0 unspecified atom stereocenters. The summed E-state index contributed by atoms with van der Waals surface area (Å²) in [7, 11) is 1.45. The van der Waals surface area contributed by atoms with E-state index in [9.17, 15) is 14.7 Å². The number of hydrogen-bond donors (Lipinski definition) is 1. The number of unbranched alkanes of at least 4 members (excludes halogenated alkanes) is 1. The molecule has 1 aliphatic carbocycles. The summed E-state index contributed by atoms with van der Waals surface area (Å²) in [5.41, 5.74) is 4.52. The summed E-state index contributed by atoms with van der Waals surface area (Å²) in [6, 6.07) is 15.2. The van der Waals surface area contributed by atoms with E-state index in [1.165, 1.54) is 7.05 Å². The lowest BCUT2D eigenvalue weighted by atomic mass is 9.98. The van der Waals surface area contributed by atoms with Crippen molar-refractivity contribution in [2.45, 2.75) is 31.2 Å². The van der Waals surface area contributed by atoms with E-state index in [2.05, 4.69) is 18.1 Å². The Morgan fingerprint density at radius 2 is 1.71 bits per heavy atom. The number of likely N-dealkylation sites (N-methyl/N-ethyl adjacent to an activating group) is 1. The van der Waals surface area contributed by atoms with E-state index in [1.807, 2.05) is 36.4 Å². The monoisotopic (exact) mass is 377 g/mol. The van der Waals surface area contributed by atoms with Crippen molar-refractivity contribution in [1.82, 2.24) is 4.90 Å². The molecule has 0 saturated heterocycles. The van der Waals surface area contributed by atoms with Crippen molar-refractivity contribution in [3.63, 3.8) is 0 Å². The van der Waals surface area contributed by atoms with Gasteiger partial charge in [0.2, 0.25) is 0 Å². The molecule has 1 aliphatic rings. The summed E-state index contributed by atoms with van der Waals surface area (Å²) in [5.74, 6) is 1.36. The SMILES string of the molecule is C#CCCC[C@@H](C(=O)O)N(C)C(=O)OCC1c2ccccc2-c2ccccc21. The predicted octanol–water partition coefficient (Wildman–Crippen LogP) is 4.12. The smallest absolute Gasteiger partial charge is 0.410 e. The Labute approximate surface area is 164 Å². The molecule has 1 amide bonds. The maximum absolute atomic E-state index is 12.5. The molecule has 3 rings (SSSR count). The molecule has 28 heavy (non-hydrogen) atoms. The van der Waals surface area contributed by atoms with Crippen molar-refractivity contribution in [1.29, 1.82) is 0 Å². The number of benzene rings is 2. The molecule has 1 atom stereocenters. The number of hydrogen-bond acceptors (Lipinski definition) is 3. The number of carboxylic acid groups (broad SMARTS) is 1. The topological polar surface area (TPSA) is 66.8 Å². The zero-order valence-corrected chi connectivity index (χ0v) is 15.8. The van der Waals surface area contributed by atoms with Crippen LogP contribution in [0.5, 0.6) is 0 Å². The van der Waals surface area contributed by atoms with Gasteiger partial charge < -0.3 is 9.84 Å². The third-order valence-corrected chi connectivity index (χ3v) is 5.18. The quantitative estimate of drug-likeness (QED) is 0.582. The molecule has 0 aromatic heterocycles. The third kappa shape index (κ3) is 3.86. The second-order valence-electron chi connectivity index (χ2n) is 6.87. The molecular weight excluding hydrogens is 354 g/mol. The van der Waals surface area contributed by atoms with E-state index < -0.39 is 18.1 Å². The molecule has 144 valence electrons. The molecule has 2 aromatic carbocycles. The average molecular weight is 377 g/mol. The van der Waals surface area contributed by atoms with Crippen molar-refractivity contribution in [2.75, 3.05) is 13.7 Å². The van der Waals surface area contributed by atoms with Gasteiger partial charge in [-0.3, -0.25) is 4.90 Å². The zero-order chi connectivity index (χ0) is 20.1. The summed E-state index contributed by atoms with van der Waals surface area (Å²) in [6.45, 7) is 0.161. The Kier molecular flexibility index (Phi) is 6.00.